The summed E-state index contributed by atoms with van der Waals surface area (Å²) >= 11 is 0. The van der Waals surface area contributed by atoms with E-state index in [1.807, 2.05) is 56.3 Å². The second kappa shape index (κ2) is 13.1. The molecule has 2 aromatic carbocycles. The topological polar surface area (TPSA) is 86.8 Å². The van der Waals surface area contributed by atoms with Crippen molar-refractivity contribution in [1.29, 1.82) is 0 Å². The zero-order valence-electron chi connectivity index (χ0n) is 22.5. The van der Waals surface area contributed by atoms with Gasteiger partial charge in [0.15, 0.2) is 0 Å². The predicted octanol–water partition coefficient (Wildman–Crippen LogP) is 4.48. The molecule has 0 aromatic heterocycles. The van der Waals surface area contributed by atoms with Crippen molar-refractivity contribution in [2.24, 2.45) is 0 Å². The molecule has 1 N–H and O–H groups in total. The van der Waals surface area contributed by atoms with Gasteiger partial charge in [0.1, 0.15) is 12.6 Å². The molecule has 0 bridgehead atoms. The largest absolute Gasteiger partial charge is 0.352 e. The van der Waals surface area contributed by atoms with Crippen LogP contribution in [0.15, 0.2) is 54.6 Å². The van der Waals surface area contributed by atoms with Gasteiger partial charge >= 0.3 is 0 Å². The van der Waals surface area contributed by atoms with Crippen LogP contribution in [0.1, 0.15) is 69.9 Å². The highest BCUT2D eigenvalue weighted by atomic mass is 32.2. The molecule has 1 unspecified atom stereocenters. The van der Waals surface area contributed by atoms with Crippen LogP contribution in [0.4, 0.5) is 5.69 Å². The molecule has 0 saturated heterocycles. The van der Waals surface area contributed by atoms with Gasteiger partial charge in [-0.2, -0.15) is 0 Å². The van der Waals surface area contributed by atoms with E-state index < -0.39 is 22.0 Å². The quantitative estimate of drug-likeness (QED) is 0.467. The molecule has 7 nitrogen and oxygen atoms in total. The maximum Gasteiger partial charge on any atom is 0.244 e. The van der Waals surface area contributed by atoms with Crippen LogP contribution in [-0.4, -0.2) is 56.6 Å². The summed E-state index contributed by atoms with van der Waals surface area (Å²) in [6, 6.07) is 16.4. The lowest BCUT2D eigenvalue weighted by atomic mass is 9.95. The number of hydrogen-bond acceptors (Lipinski definition) is 4. The molecule has 1 aliphatic rings. The smallest absolute Gasteiger partial charge is 0.244 e. The van der Waals surface area contributed by atoms with Gasteiger partial charge in [0, 0.05) is 12.6 Å². The number of hydrogen-bond donors (Lipinski definition) is 1. The Balaban J connectivity index is 1.86. The lowest BCUT2D eigenvalue weighted by Gasteiger charge is -2.33. The first-order valence-electron chi connectivity index (χ1n) is 13.3. The summed E-state index contributed by atoms with van der Waals surface area (Å²) in [6.07, 6.45) is 6.94. The van der Waals surface area contributed by atoms with Gasteiger partial charge < -0.3 is 10.2 Å². The Morgan fingerprint density at radius 3 is 2.19 bits per heavy atom. The van der Waals surface area contributed by atoms with E-state index in [4.69, 9.17) is 0 Å². The fraction of sp³-hybridized carbons (Fsp3) is 0.517. The molecule has 0 spiro atoms. The van der Waals surface area contributed by atoms with Gasteiger partial charge in [-0.05, 0) is 49.3 Å². The number of anilines is 1. The molecular formula is C29H41N3O4S. The highest BCUT2D eigenvalue weighted by molar-refractivity contribution is 7.92. The summed E-state index contributed by atoms with van der Waals surface area (Å²) in [6.45, 7) is 5.66. The van der Waals surface area contributed by atoms with Crippen molar-refractivity contribution in [3.8, 4) is 0 Å². The standard InChI is InChI=1S/C29H41N3O4S/c1-22(2)26-17-11-12-18-27(26)32(37(4,35)36)21-28(33)31(20-19-24-13-7-5-8-14-24)23(3)29(34)30-25-15-9-6-10-16-25/h5,7-8,11-14,17-18,22-23,25H,6,9-10,15-16,19-21H2,1-4H3,(H,30,34). The highest BCUT2D eigenvalue weighted by Crippen LogP contribution is 2.29. The first-order valence-corrected chi connectivity index (χ1v) is 15.1. The van der Waals surface area contributed by atoms with Crippen LogP contribution in [0.2, 0.25) is 0 Å². The zero-order valence-corrected chi connectivity index (χ0v) is 23.3. The van der Waals surface area contributed by atoms with Crippen LogP contribution in [0.25, 0.3) is 0 Å². The van der Waals surface area contributed by atoms with Crippen molar-refractivity contribution in [3.05, 3.63) is 65.7 Å². The third-order valence-corrected chi connectivity index (χ3v) is 8.24. The first-order chi connectivity index (χ1) is 17.6. The first kappa shape index (κ1) is 28.7. The average molecular weight is 528 g/mol. The number of benzene rings is 2. The molecule has 3 rings (SSSR count). The van der Waals surface area contributed by atoms with Gasteiger partial charge in [-0.25, -0.2) is 8.42 Å². The van der Waals surface area contributed by atoms with Crippen molar-refractivity contribution < 1.29 is 18.0 Å². The minimum Gasteiger partial charge on any atom is -0.352 e. The van der Waals surface area contributed by atoms with E-state index in [1.165, 1.54) is 15.6 Å². The summed E-state index contributed by atoms with van der Waals surface area (Å²) in [4.78, 5) is 28.5. The number of nitrogens with zero attached hydrogens (tertiary/aromatic N) is 2. The van der Waals surface area contributed by atoms with E-state index in [2.05, 4.69) is 5.32 Å². The third kappa shape index (κ3) is 8.06. The van der Waals surface area contributed by atoms with E-state index in [1.54, 1.807) is 19.1 Å². The van der Waals surface area contributed by atoms with Crippen LogP contribution in [0.3, 0.4) is 0 Å². The van der Waals surface area contributed by atoms with Gasteiger partial charge in [0.05, 0.1) is 11.9 Å². The number of carbonyl (C=O) groups is 2. The molecule has 2 amide bonds. The molecule has 37 heavy (non-hydrogen) atoms. The maximum absolute atomic E-state index is 13.8. The Hall–Kier alpha value is -2.87. The normalized spacial score (nSPS) is 15.3. The summed E-state index contributed by atoms with van der Waals surface area (Å²) in [7, 11) is -3.75. The molecule has 2 aromatic rings. The number of carbonyl (C=O) groups excluding carboxylic acids is 2. The number of sulfonamides is 1. The van der Waals surface area contributed by atoms with Gasteiger partial charge in [-0.15, -0.1) is 0 Å². The Labute approximate surface area is 222 Å². The van der Waals surface area contributed by atoms with E-state index >= 15 is 0 Å². The molecule has 1 aliphatic carbocycles. The molecule has 0 heterocycles. The number of nitrogens with one attached hydrogen (secondary N) is 1. The molecule has 1 fully saturated rings. The predicted molar refractivity (Wildman–Crippen MR) is 149 cm³/mol. The second-order valence-corrected chi connectivity index (χ2v) is 12.2. The third-order valence-electron chi connectivity index (χ3n) is 7.11. The van der Waals surface area contributed by atoms with Crippen molar-refractivity contribution >= 4 is 27.5 Å². The van der Waals surface area contributed by atoms with Crippen LogP contribution < -0.4 is 9.62 Å². The summed E-state index contributed by atoms with van der Waals surface area (Å²) in [5.41, 5.74) is 2.39. The molecule has 1 saturated carbocycles. The average Bonchev–Trinajstić information content (AvgIpc) is 2.87. The molecular weight excluding hydrogens is 486 g/mol. The second-order valence-electron chi connectivity index (χ2n) is 10.3. The van der Waals surface area contributed by atoms with E-state index in [-0.39, 0.29) is 24.4 Å². The van der Waals surface area contributed by atoms with Crippen LogP contribution in [0, 0.1) is 0 Å². The maximum atomic E-state index is 13.8. The van der Waals surface area contributed by atoms with E-state index in [9.17, 15) is 18.0 Å². The molecule has 0 aliphatic heterocycles. The van der Waals surface area contributed by atoms with E-state index in [0.717, 1.165) is 43.1 Å². The molecule has 202 valence electrons. The van der Waals surface area contributed by atoms with Gasteiger partial charge in [-0.1, -0.05) is 81.6 Å². The summed E-state index contributed by atoms with van der Waals surface area (Å²) in [5.74, 6) is -0.516. The van der Waals surface area contributed by atoms with Gasteiger partial charge in [-0.3, -0.25) is 13.9 Å². The van der Waals surface area contributed by atoms with Crippen molar-refractivity contribution in [3.63, 3.8) is 0 Å². The zero-order chi connectivity index (χ0) is 27.0. The lowest BCUT2D eigenvalue weighted by molar-refractivity contribution is -0.139. The Bertz CT molecular complexity index is 1140. The SMILES string of the molecule is CC(C)c1ccccc1N(CC(=O)N(CCc1ccccc1)C(C)C(=O)NC1CCCCC1)S(C)(=O)=O. The Morgan fingerprint density at radius 2 is 1.57 bits per heavy atom. The Kier molecular flexibility index (Phi) is 10.1. The molecule has 1 atom stereocenters. The summed E-state index contributed by atoms with van der Waals surface area (Å²) < 4.78 is 26.9. The van der Waals surface area contributed by atoms with Crippen LogP contribution in [0.5, 0.6) is 0 Å². The van der Waals surface area contributed by atoms with Crippen molar-refractivity contribution in [1.82, 2.24) is 10.2 Å². The van der Waals surface area contributed by atoms with Gasteiger partial charge in [0.2, 0.25) is 21.8 Å². The highest BCUT2D eigenvalue weighted by Gasteiger charge is 2.31. The number of rotatable bonds is 11. The van der Waals surface area contributed by atoms with Crippen molar-refractivity contribution in [2.45, 2.75) is 77.3 Å². The minimum absolute atomic E-state index is 0.0740. The van der Waals surface area contributed by atoms with E-state index in [0.29, 0.717) is 18.7 Å². The van der Waals surface area contributed by atoms with Gasteiger partial charge in [0.25, 0.3) is 0 Å². The monoisotopic (exact) mass is 527 g/mol. The van der Waals surface area contributed by atoms with Crippen LogP contribution in [-0.2, 0) is 26.0 Å². The summed E-state index contributed by atoms with van der Waals surface area (Å²) in [5, 5.41) is 3.13. The van der Waals surface area contributed by atoms with Crippen molar-refractivity contribution in [2.75, 3.05) is 23.7 Å². The fourth-order valence-electron chi connectivity index (χ4n) is 4.94. The Morgan fingerprint density at radius 1 is 0.946 bits per heavy atom. The number of amides is 2. The molecule has 8 heteroatoms. The fourth-order valence-corrected chi connectivity index (χ4v) is 5.80. The minimum atomic E-state index is -3.75. The molecule has 0 radical (unpaired) electrons. The number of para-hydroxylation sites is 1. The lowest BCUT2D eigenvalue weighted by Crippen LogP contribution is -2.53. The van der Waals surface area contributed by atoms with Crippen LogP contribution >= 0.6 is 0 Å².